The van der Waals surface area contributed by atoms with Crippen LogP contribution in [0.2, 0.25) is 0 Å². The van der Waals surface area contributed by atoms with Crippen LogP contribution in [0.4, 0.5) is 5.69 Å². The summed E-state index contributed by atoms with van der Waals surface area (Å²) in [5.41, 5.74) is 5.03. The van der Waals surface area contributed by atoms with Crippen molar-refractivity contribution in [3.8, 4) is 0 Å². The van der Waals surface area contributed by atoms with E-state index in [4.69, 9.17) is 0 Å². The van der Waals surface area contributed by atoms with Gasteiger partial charge in [-0.25, -0.2) is 0 Å². The maximum absolute atomic E-state index is 12.5. The van der Waals surface area contributed by atoms with Crippen LogP contribution in [-0.2, 0) is 16.1 Å². The predicted octanol–water partition coefficient (Wildman–Crippen LogP) is 3.99. The van der Waals surface area contributed by atoms with E-state index in [9.17, 15) is 9.59 Å². The van der Waals surface area contributed by atoms with E-state index in [1.807, 2.05) is 70.2 Å². The zero-order chi connectivity index (χ0) is 18.4. The van der Waals surface area contributed by atoms with E-state index in [1.165, 1.54) is 0 Å². The highest BCUT2D eigenvalue weighted by atomic mass is 16.2. The molecule has 0 bridgehead atoms. The Kier molecular flexibility index (Phi) is 6.34. The molecule has 0 heterocycles. The smallest absolute Gasteiger partial charge is 0.233 e. The van der Waals surface area contributed by atoms with Crippen molar-refractivity contribution < 1.29 is 9.59 Å². The number of nitrogens with zero attached hydrogens (tertiary/aromatic N) is 1. The molecule has 0 saturated carbocycles. The maximum Gasteiger partial charge on any atom is 0.233 e. The van der Waals surface area contributed by atoms with Gasteiger partial charge in [0.25, 0.3) is 0 Å². The molecule has 0 aliphatic carbocycles. The predicted molar refractivity (Wildman–Crippen MR) is 101 cm³/mol. The second kappa shape index (κ2) is 8.47. The third kappa shape index (κ3) is 5.18. The molecule has 4 nitrogen and oxygen atoms in total. The van der Waals surface area contributed by atoms with Gasteiger partial charge >= 0.3 is 0 Å². The number of hydrogen-bond donors (Lipinski definition) is 1. The monoisotopic (exact) mass is 338 g/mol. The van der Waals surface area contributed by atoms with Gasteiger partial charge in [0.05, 0.1) is 0 Å². The number of rotatable bonds is 6. The number of carbonyl (C=O) groups is 2. The second-order valence-corrected chi connectivity index (χ2v) is 6.39. The Labute approximate surface area is 149 Å². The zero-order valence-corrected chi connectivity index (χ0v) is 15.4. The number of hydrogen-bond acceptors (Lipinski definition) is 2. The molecule has 0 unspecified atom stereocenters. The number of anilines is 1. The van der Waals surface area contributed by atoms with Gasteiger partial charge in [-0.3, -0.25) is 9.59 Å². The van der Waals surface area contributed by atoms with E-state index in [0.29, 0.717) is 13.1 Å². The summed E-state index contributed by atoms with van der Waals surface area (Å²) >= 11 is 0. The lowest BCUT2D eigenvalue weighted by Crippen LogP contribution is -2.33. The Hall–Kier alpha value is -2.62. The zero-order valence-electron chi connectivity index (χ0n) is 15.4. The molecule has 2 rings (SSSR count). The van der Waals surface area contributed by atoms with Gasteiger partial charge in [0.1, 0.15) is 6.42 Å². The number of nitrogens with one attached hydrogen (secondary N) is 1. The average molecular weight is 338 g/mol. The summed E-state index contributed by atoms with van der Waals surface area (Å²) < 4.78 is 0. The third-order valence-corrected chi connectivity index (χ3v) is 4.20. The van der Waals surface area contributed by atoms with Gasteiger partial charge < -0.3 is 10.2 Å². The van der Waals surface area contributed by atoms with Crippen LogP contribution >= 0.6 is 0 Å². The van der Waals surface area contributed by atoms with Crippen LogP contribution in [0.1, 0.15) is 35.6 Å². The first-order chi connectivity index (χ1) is 11.9. The summed E-state index contributed by atoms with van der Waals surface area (Å²) in [7, 11) is 0. The van der Waals surface area contributed by atoms with Gasteiger partial charge in [0.15, 0.2) is 0 Å². The van der Waals surface area contributed by atoms with Crippen molar-refractivity contribution >= 4 is 17.5 Å². The molecule has 2 aromatic rings. The van der Waals surface area contributed by atoms with E-state index in [0.717, 1.165) is 27.9 Å². The molecule has 0 spiro atoms. The van der Waals surface area contributed by atoms with Crippen LogP contribution < -0.4 is 5.32 Å². The van der Waals surface area contributed by atoms with Crippen LogP contribution in [-0.4, -0.2) is 23.3 Å². The summed E-state index contributed by atoms with van der Waals surface area (Å²) in [6.07, 6.45) is -0.145. The Bertz CT molecular complexity index is 731. The Morgan fingerprint density at radius 2 is 1.60 bits per heavy atom. The Morgan fingerprint density at radius 3 is 2.16 bits per heavy atom. The second-order valence-electron chi connectivity index (χ2n) is 6.39. The quantitative estimate of drug-likeness (QED) is 0.810. The third-order valence-electron chi connectivity index (χ3n) is 4.20. The van der Waals surface area contributed by atoms with Crippen molar-refractivity contribution in [1.82, 2.24) is 4.90 Å². The highest BCUT2D eigenvalue weighted by Gasteiger charge is 2.17. The molecule has 0 aliphatic rings. The highest BCUT2D eigenvalue weighted by molar-refractivity contribution is 6.04. The van der Waals surface area contributed by atoms with Gasteiger partial charge in [0.2, 0.25) is 11.8 Å². The molecule has 0 aliphatic heterocycles. The minimum absolute atomic E-state index is 0.145. The largest absolute Gasteiger partial charge is 0.338 e. The van der Waals surface area contributed by atoms with Crippen LogP contribution in [0.3, 0.4) is 0 Å². The number of carbonyl (C=O) groups excluding carboxylic acids is 2. The molecule has 25 heavy (non-hydrogen) atoms. The van der Waals surface area contributed by atoms with Crippen molar-refractivity contribution in [3.63, 3.8) is 0 Å². The van der Waals surface area contributed by atoms with Gasteiger partial charge in [-0.1, -0.05) is 48.0 Å². The number of amides is 2. The lowest BCUT2D eigenvalue weighted by atomic mass is 10.0. The molecule has 2 aromatic carbocycles. The Balaban J connectivity index is 2.00. The summed E-state index contributed by atoms with van der Waals surface area (Å²) in [6.45, 7) is 8.97. The molecule has 0 atom stereocenters. The highest BCUT2D eigenvalue weighted by Crippen LogP contribution is 2.22. The molecular weight excluding hydrogens is 312 g/mol. The van der Waals surface area contributed by atoms with Crippen molar-refractivity contribution in [2.75, 3.05) is 11.9 Å². The van der Waals surface area contributed by atoms with Crippen molar-refractivity contribution in [1.29, 1.82) is 0 Å². The summed E-state index contributed by atoms with van der Waals surface area (Å²) in [6, 6.07) is 13.9. The molecule has 4 heteroatoms. The van der Waals surface area contributed by atoms with Crippen LogP contribution in [0.5, 0.6) is 0 Å². The normalized spacial score (nSPS) is 10.4. The van der Waals surface area contributed by atoms with Gasteiger partial charge in [0, 0.05) is 18.8 Å². The molecular formula is C21H26N2O2. The summed E-state index contributed by atoms with van der Waals surface area (Å²) in [5.74, 6) is -0.433. The van der Waals surface area contributed by atoms with E-state index >= 15 is 0 Å². The van der Waals surface area contributed by atoms with Crippen molar-refractivity contribution in [3.05, 3.63) is 64.7 Å². The fourth-order valence-electron chi connectivity index (χ4n) is 2.99. The molecule has 132 valence electrons. The molecule has 0 saturated heterocycles. The lowest BCUT2D eigenvalue weighted by Gasteiger charge is -2.21. The first-order valence-electron chi connectivity index (χ1n) is 8.60. The van der Waals surface area contributed by atoms with Crippen molar-refractivity contribution in [2.24, 2.45) is 0 Å². The number of benzene rings is 2. The lowest BCUT2D eigenvalue weighted by molar-refractivity contribution is -0.134. The fraction of sp³-hybridized carbons (Fsp3) is 0.333. The first kappa shape index (κ1) is 18.7. The molecule has 0 radical (unpaired) electrons. The van der Waals surface area contributed by atoms with Gasteiger partial charge in [-0.15, -0.1) is 0 Å². The standard InChI is InChI=1S/C21H26N2O2/c1-5-23(14-18-9-7-6-8-10-18)20(25)13-19(24)22-21-16(3)11-15(2)12-17(21)4/h6-12H,5,13-14H2,1-4H3,(H,22,24). The SMILES string of the molecule is CCN(Cc1ccccc1)C(=O)CC(=O)Nc1c(C)cc(C)cc1C. The minimum Gasteiger partial charge on any atom is -0.338 e. The number of aryl methyl sites for hydroxylation is 3. The van der Waals surface area contributed by atoms with Gasteiger partial charge in [-0.2, -0.15) is 0 Å². The topological polar surface area (TPSA) is 49.4 Å². The molecule has 0 fully saturated rings. The average Bonchev–Trinajstić information content (AvgIpc) is 2.56. The van der Waals surface area contributed by atoms with E-state index in [-0.39, 0.29) is 18.2 Å². The summed E-state index contributed by atoms with van der Waals surface area (Å²) in [5, 5.41) is 2.89. The van der Waals surface area contributed by atoms with E-state index < -0.39 is 0 Å². The van der Waals surface area contributed by atoms with Crippen molar-refractivity contribution in [2.45, 2.75) is 40.7 Å². The van der Waals surface area contributed by atoms with E-state index in [2.05, 4.69) is 5.32 Å². The first-order valence-corrected chi connectivity index (χ1v) is 8.60. The minimum atomic E-state index is -0.272. The van der Waals surface area contributed by atoms with Gasteiger partial charge in [-0.05, 0) is 44.4 Å². The Morgan fingerprint density at radius 1 is 1.00 bits per heavy atom. The molecule has 1 N–H and O–H groups in total. The molecule has 2 amide bonds. The van der Waals surface area contributed by atoms with E-state index in [1.54, 1.807) is 4.90 Å². The fourth-order valence-corrected chi connectivity index (χ4v) is 2.99. The molecule has 0 aromatic heterocycles. The maximum atomic E-state index is 12.5. The summed E-state index contributed by atoms with van der Waals surface area (Å²) in [4.78, 5) is 26.5. The van der Waals surface area contributed by atoms with Crippen LogP contribution in [0.25, 0.3) is 0 Å². The van der Waals surface area contributed by atoms with Crippen LogP contribution in [0, 0.1) is 20.8 Å². The van der Waals surface area contributed by atoms with Crippen LogP contribution in [0.15, 0.2) is 42.5 Å².